The van der Waals surface area contributed by atoms with Crippen LogP contribution in [0.4, 0.5) is 4.39 Å². The number of nitrogens with zero attached hydrogens (tertiary/aromatic N) is 1. The van der Waals surface area contributed by atoms with E-state index >= 15 is 0 Å². The molecule has 1 aromatic heterocycles. The molecule has 5 nitrogen and oxygen atoms in total. The molecule has 1 amide bonds. The Morgan fingerprint density at radius 2 is 2.36 bits per heavy atom. The summed E-state index contributed by atoms with van der Waals surface area (Å²) >= 11 is 0. The van der Waals surface area contributed by atoms with Crippen LogP contribution in [-0.2, 0) is 0 Å². The zero-order valence-corrected chi connectivity index (χ0v) is 6.95. The Hall–Kier alpha value is -1.95. The van der Waals surface area contributed by atoms with E-state index < -0.39 is 11.7 Å². The van der Waals surface area contributed by atoms with E-state index in [4.69, 9.17) is 10.4 Å². The van der Waals surface area contributed by atoms with Gasteiger partial charge in [0.25, 0.3) is 5.91 Å². The standard InChI is InChI=1S/C8H6FN3O2/c9-4-1-2-5-6(3-4)14-12-7(5)8(13)11-10/h1-3H,10H2,(H,11,13). The minimum absolute atomic E-state index is 0.0440. The third kappa shape index (κ3) is 1.21. The number of hydrogen-bond acceptors (Lipinski definition) is 4. The van der Waals surface area contributed by atoms with Crippen molar-refractivity contribution < 1.29 is 13.7 Å². The van der Waals surface area contributed by atoms with Gasteiger partial charge in [0, 0.05) is 6.07 Å². The van der Waals surface area contributed by atoms with Gasteiger partial charge in [-0.3, -0.25) is 10.2 Å². The second-order valence-corrected chi connectivity index (χ2v) is 2.65. The largest absolute Gasteiger partial charge is 0.355 e. The van der Waals surface area contributed by atoms with Crippen molar-refractivity contribution in [1.82, 2.24) is 10.6 Å². The summed E-state index contributed by atoms with van der Waals surface area (Å²) in [6.45, 7) is 0. The third-order valence-electron chi connectivity index (χ3n) is 1.78. The zero-order valence-electron chi connectivity index (χ0n) is 6.95. The summed E-state index contributed by atoms with van der Waals surface area (Å²) in [5, 5.41) is 3.90. The molecule has 0 aliphatic carbocycles. The lowest BCUT2D eigenvalue weighted by Gasteiger charge is -1.92. The van der Waals surface area contributed by atoms with Gasteiger partial charge in [-0.15, -0.1) is 0 Å². The molecule has 72 valence electrons. The van der Waals surface area contributed by atoms with E-state index in [-0.39, 0.29) is 11.3 Å². The van der Waals surface area contributed by atoms with Crippen molar-refractivity contribution in [3.63, 3.8) is 0 Å². The fourth-order valence-corrected chi connectivity index (χ4v) is 1.14. The number of rotatable bonds is 1. The van der Waals surface area contributed by atoms with Gasteiger partial charge in [0.2, 0.25) is 0 Å². The Kier molecular flexibility index (Phi) is 1.90. The lowest BCUT2D eigenvalue weighted by atomic mass is 10.2. The number of halogens is 1. The highest BCUT2D eigenvalue weighted by Gasteiger charge is 2.14. The lowest BCUT2D eigenvalue weighted by Crippen LogP contribution is -2.30. The van der Waals surface area contributed by atoms with E-state index in [1.807, 2.05) is 5.43 Å². The third-order valence-corrected chi connectivity index (χ3v) is 1.78. The van der Waals surface area contributed by atoms with E-state index in [9.17, 15) is 9.18 Å². The van der Waals surface area contributed by atoms with Gasteiger partial charge in [-0.2, -0.15) is 0 Å². The van der Waals surface area contributed by atoms with Gasteiger partial charge in [-0.1, -0.05) is 5.16 Å². The van der Waals surface area contributed by atoms with Crippen molar-refractivity contribution in [1.29, 1.82) is 0 Å². The number of aromatic nitrogens is 1. The van der Waals surface area contributed by atoms with Gasteiger partial charge in [0.15, 0.2) is 11.3 Å². The number of carbonyl (C=O) groups is 1. The number of amides is 1. The molecule has 0 fully saturated rings. The van der Waals surface area contributed by atoms with E-state index in [2.05, 4.69) is 5.16 Å². The average Bonchev–Trinajstić information content (AvgIpc) is 2.59. The summed E-state index contributed by atoms with van der Waals surface area (Å²) in [6, 6.07) is 3.77. The van der Waals surface area contributed by atoms with E-state index in [0.717, 1.165) is 6.07 Å². The van der Waals surface area contributed by atoms with Gasteiger partial charge in [0.1, 0.15) is 5.82 Å². The summed E-state index contributed by atoms with van der Waals surface area (Å²) in [6.07, 6.45) is 0. The zero-order chi connectivity index (χ0) is 10.1. The smallest absolute Gasteiger partial charge is 0.287 e. The summed E-state index contributed by atoms with van der Waals surface area (Å²) in [5.41, 5.74) is 2.17. The number of fused-ring (bicyclic) bond motifs is 1. The first-order chi connectivity index (χ1) is 6.72. The van der Waals surface area contributed by atoms with Crippen molar-refractivity contribution in [2.24, 2.45) is 5.84 Å². The highest BCUT2D eigenvalue weighted by atomic mass is 19.1. The van der Waals surface area contributed by atoms with Crippen LogP contribution >= 0.6 is 0 Å². The molecular formula is C8H6FN3O2. The number of benzene rings is 1. The molecule has 14 heavy (non-hydrogen) atoms. The highest BCUT2D eigenvalue weighted by molar-refractivity contribution is 6.03. The number of hydrazine groups is 1. The number of nitrogens with two attached hydrogens (primary N) is 1. The van der Waals surface area contributed by atoms with Crippen LogP contribution in [0.25, 0.3) is 11.0 Å². The Labute approximate surface area is 77.6 Å². The number of carbonyl (C=O) groups excluding carboxylic acids is 1. The van der Waals surface area contributed by atoms with Crippen LogP contribution in [0.3, 0.4) is 0 Å². The van der Waals surface area contributed by atoms with Gasteiger partial charge in [-0.25, -0.2) is 10.2 Å². The van der Waals surface area contributed by atoms with Crippen LogP contribution in [0.2, 0.25) is 0 Å². The first-order valence-corrected chi connectivity index (χ1v) is 3.78. The number of nitrogens with one attached hydrogen (secondary N) is 1. The van der Waals surface area contributed by atoms with Crippen LogP contribution in [-0.4, -0.2) is 11.1 Å². The van der Waals surface area contributed by atoms with E-state index in [1.54, 1.807) is 0 Å². The number of nitrogen functional groups attached to an aromatic ring is 1. The molecule has 2 rings (SSSR count). The summed E-state index contributed by atoms with van der Waals surface area (Å²) < 4.78 is 17.5. The molecule has 0 aliphatic rings. The molecule has 3 N–H and O–H groups in total. The van der Waals surface area contributed by atoms with Crippen molar-refractivity contribution in [3.05, 3.63) is 29.7 Å². The van der Waals surface area contributed by atoms with Crippen LogP contribution in [0, 0.1) is 5.82 Å². The van der Waals surface area contributed by atoms with Crippen molar-refractivity contribution in [2.75, 3.05) is 0 Å². The monoisotopic (exact) mass is 195 g/mol. The molecule has 0 spiro atoms. The van der Waals surface area contributed by atoms with Gasteiger partial charge >= 0.3 is 0 Å². The fraction of sp³-hybridized carbons (Fsp3) is 0. The van der Waals surface area contributed by atoms with Gasteiger partial charge in [-0.05, 0) is 12.1 Å². The molecule has 1 aromatic carbocycles. The van der Waals surface area contributed by atoms with Crippen molar-refractivity contribution in [3.8, 4) is 0 Å². The molecule has 0 unspecified atom stereocenters. The lowest BCUT2D eigenvalue weighted by molar-refractivity contribution is 0.0946. The average molecular weight is 195 g/mol. The molecule has 6 heteroatoms. The second kappa shape index (κ2) is 3.08. The maximum absolute atomic E-state index is 12.7. The molecule has 1 heterocycles. The van der Waals surface area contributed by atoms with E-state index in [0.29, 0.717) is 5.39 Å². The topological polar surface area (TPSA) is 81.1 Å². The Morgan fingerprint density at radius 1 is 1.57 bits per heavy atom. The minimum Gasteiger partial charge on any atom is -0.355 e. The molecule has 0 aliphatic heterocycles. The summed E-state index contributed by atoms with van der Waals surface area (Å²) in [4.78, 5) is 11.1. The fourth-order valence-electron chi connectivity index (χ4n) is 1.14. The minimum atomic E-state index is -0.574. The summed E-state index contributed by atoms with van der Waals surface area (Å²) in [5.74, 6) is 3.90. The molecule has 0 radical (unpaired) electrons. The molecule has 0 bridgehead atoms. The van der Waals surface area contributed by atoms with Crippen LogP contribution in [0.1, 0.15) is 10.5 Å². The second-order valence-electron chi connectivity index (χ2n) is 2.65. The Balaban J connectivity index is 2.64. The summed E-state index contributed by atoms with van der Waals surface area (Å²) in [7, 11) is 0. The van der Waals surface area contributed by atoms with Gasteiger partial charge < -0.3 is 4.52 Å². The predicted octanol–water partition coefficient (Wildman–Crippen LogP) is 0.570. The maximum atomic E-state index is 12.7. The first-order valence-electron chi connectivity index (χ1n) is 3.78. The number of hydrogen-bond donors (Lipinski definition) is 2. The van der Waals surface area contributed by atoms with Crippen LogP contribution in [0.5, 0.6) is 0 Å². The predicted molar refractivity (Wildman–Crippen MR) is 45.6 cm³/mol. The maximum Gasteiger partial charge on any atom is 0.287 e. The molecule has 0 atom stereocenters. The van der Waals surface area contributed by atoms with Gasteiger partial charge in [0.05, 0.1) is 5.39 Å². The molecule has 0 saturated carbocycles. The molecule has 2 aromatic rings. The first kappa shape index (κ1) is 8.64. The van der Waals surface area contributed by atoms with Crippen molar-refractivity contribution >= 4 is 16.9 Å². The Bertz CT molecular complexity index is 494. The molecule has 0 saturated heterocycles. The van der Waals surface area contributed by atoms with Crippen molar-refractivity contribution in [2.45, 2.75) is 0 Å². The van der Waals surface area contributed by atoms with E-state index in [1.165, 1.54) is 12.1 Å². The Morgan fingerprint density at radius 3 is 3.07 bits per heavy atom. The SMILES string of the molecule is NNC(=O)c1noc2cc(F)ccc12. The quantitative estimate of drug-likeness (QED) is 0.396. The van der Waals surface area contributed by atoms with Crippen LogP contribution in [0.15, 0.2) is 22.7 Å². The molecular weight excluding hydrogens is 189 g/mol. The van der Waals surface area contributed by atoms with Crippen LogP contribution < -0.4 is 11.3 Å². The highest BCUT2D eigenvalue weighted by Crippen LogP contribution is 2.18. The normalized spacial score (nSPS) is 10.4.